The second-order valence-electron chi connectivity index (χ2n) is 7.55. The van der Waals surface area contributed by atoms with E-state index in [9.17, 15) is 24.4 Å². The van der Waals surface area contributed by atoms with Gasteiger partial charge in [-0.15, -0.1) is 0 Å². The zero-order chi connectivity index (χ0) is 20.0. The number of carbonyl (C=O) groups is 1. The highest BCUT2D eigenvalue weighted by molar-refractivity contribution is 8.13. The summed E-state index contributed by atoms with van der Waals surface area (Å²) in [7, 11) is 0. The SMILES string of the molecule is CC(C)(C)N(C(=O)O)C1=N[C@]2(c3cc([N+](=O)[O-])ccc3F)COC[C@H]2CS1. The second kappa shape index (κ2) is 6.75. The van der Waals surface area contributed by atoms with Crippen molar-refractivity contribution in [3.63, 3.8) is 0 Å². The number of halogens is 1. The predicted octanol–water partition coefficient (Wildman–Crippen LogP) is 3.46. The number of nitro groups is 1. The van der Waals surface area contributed by atoms with Crippen LogP contribution in [0.15, 0.2) is 23.2 Å². The number of hydrogen-bond donors (Lipinski definition) is 1. The lowest BCUT2D eigenvalue weighted by atomic mass is 9.81. The van der Waals surface area contributed by atoms with E-state index in [0.29, 0.717) is 12.4 Å². The Hall–Kier alpha value is -2.20. The smallest absolute Gasteiger partial charge is 0.413 e. The molecule has 1 saturated heterocycles. The minimum atomic E-state index is -1.18. The zero-order valence-corrected chi connectivity index (χ0v) is 16.0. The van der Waals surface area contributed by atoms with Crippen LogP contribution in [0.25, 0.3) is 0 Å². The maximum Gasteiger partial charge on any atom is 0.413 e. The summed E-state index contributed by atoms with van der Waals surface area (Å²) in [6, 6.07) is 3.32. The minimum Gasteiger partial charge on any atom is -0.465 e. The Morgan fingerprint density at radius 3 is 2.81 bits per heavy atom. The van der Waals surface area contributed by atoms with E-state index < -0.39 is 27.9 Å². The van der Waals surface area contributed by atoms with Crippen molar-refractivity contribution in [2.24, 2.45) is 10.9 Å². The molecule has 0 radical (unpaired) electrons. The molecule has 0 spiro atoms. The van der Waals surface area contributed by atoms with E-state index in [1.807, 2.05) is 0 Å². The first-order valence-corrected chi connectivity index (χ1v) is 9.33. The van der Waals surface area contributed by atoms with Crippen molar-refractivity contribution in [1.82, 2.24) is 4.90 Å². The lowest BCUT2D eigenvalue weighted by Crippen LogP contribution is -2.51. The number of rotatable bonds is 2. The van der Waals surface area contributed by atoms with E-state index in [1.54, 1.807) is 20.8 Å². The van der Waals surface area contributed by atoms with Crippen molar-refractivity contribution in [2.45, 2.75) is 31.8 Å². The summed E-state index contributed by atoms with van der Waals surface area (Å²) in [6.07, 6.45) is -1.17. The van der Waals surface area contributed by atoms with Crippen LogP contribution in [0.5, 0.6) is 0 Å². The van der Waals surface area contributed by atoms with E-state index in [4.69, 9.17) is 4.74 Å². The number of nitrogens with zero attached hydrogens (tertiary/aromatic N) is 3. The molecule has 2 heterocycles. The molecule has 0 bridgehead atoms. The zero-order valence-electron chi connectivity index (χ0n) is 15.1. The third-order valence-electron chi connectivity index (χ3n) is 4.71. The average molecular weight is 397 g/mol. The van der Waals surface area contributed by atoms with Crippen LogP contribution >= 0.6 is 11.8 Å². The first kappa shape index (κ1) is 19.6. The average Bonchev–Trinajstić information content (AvgIpc) is 2.97. The Balaban J connectivity index is 2.18. The van der Waals surface area contributed by atoms with E-state index in [0.717, 1.165) is 17.0 Å². The molecule has 2 aliphatic heterocycles. The highest BCUT2D eigenvalue weighted by Gasteiger charge is 2.51. The van der Waals surface area contributed by atoms with E-state index >= 15 is 0 Å². The minimum absolute atomic E-state index is 0.0391. The van der Waals surface area contributed by atoms with Gasteiger partial charge in [0.2, 0.25) is 0 Å². The van der Waals surface area contributed by atoms with Crippen molar-refractivity contribution in [1.29, 1.82) is 0 Å². The van der Waals surface area contributed by atoms with Gasteiger partial charge in [0.1, 0.15) is 11.4 Å². The predicted molar refractivity (Wildman–Crippen MR) is 98.6 cm³/mol. The Labute approximate surface area is 159 Å². The first-order valence-electron chi connectivity index (χ1n) is 8.34. The summed E-state index contributed by atoms with van der Waals surface area (Å²) >= 11 is 1.27. The van der Waals surface area contributed by atoms with Gasteiger partial charge in [-0.3, -0.25) is 15.0 Å². The Bertz CT molecular complexity index is 825. The van der Waals surface area contributed by atoms with Crippen molar-refractivity contribution in [3.8, 4) is 0 Å². The number of benzene rings is 1. The maximum absolute atomic E-state index is 14.7. The first-order chi connectivity index (χ1) is 12.6. The molecule has 0 unspecified atom stereocenters. The van der Waals surface area contributed by atoms with Crippen LogP contribution in [0.2, 0.25) is 0 Å². The van der Waals surface area contributed by atoms with E-state index in [-0.39, 0.29) is 28.9 Å². The summed E-state index contributed by atoms with van der Waals surface area (Å²) < 4.78 is 20.2. The quantitative estimate of drug-likeness (QED) is 0.605. The van der Waals surface area contributed by atoms with Crippen molar-refractivity contribution < 1.29 is 24.0 Å². The van der Waals surface area contributed by atoms with Crippen LogP contribution in [0.1, 0.15) is 26.3 Å². The topological polar surface area (TPSA) is 105 Å². The van der Waals surface area contributed by atoms with Gasteiger partial charge in [-0.25, -0.2) is 14.2 Å². The number of carboxylic acid groups (broad SMARTS) is 1. The largest absolute Gasteiger partial charge is 0.465 e. The number of amidine groups is 1. The van der Waals surface area contributed by atoms with Crippen LogP contribution in [0.3, 0.4) is 0 Å². The van der Waals surface area contributed by atoms with Crippen LogP contribution < -0.4 is 0 Å². The molecule has 10 heteroatoms. The number of hydrogen-bond acceptors (Lipinski definition) is 6. The van der Waals surface area contributed by atoms with Gasteiger partial charge < -0.3 is 9.84 Å². The third kappa shape index (κ3) is 3.39. The van der Waals surface area contributed by atoms with Gasteiger partial charge >= 0.3 is 6.09 Å². The number of amides is 1. The van der Waals surface area contributed by atoms with Crippen LogP contribution in [-0.4, -0.2) is 50.7 Å². The van der Waals surface area contributed by atoms with Gasteiger partial charge in [0.15, 0.2) is 5.17 Å². The molecule has 2 atom stereocenters. The second-order valence-corrected chi connectivity index (χ2v) is 8.54. The van der Waals surface area contributed by atoms with Gasteiger partial charge in [0.25, 0.3) is 5.69 Å². The van der Waals surface area contributed by atoms with E-state index in [2.05, 4.69) is 4.99 Å². The molecule has 8 nitrogen and oxygen atoms in total. The Kier molecular flexibility index (Phi) is 4.89. The molecule has 1 amide bonds. The van der Waals surface area contributed by atoms with Gasteiger partial charge in [0.05, 0.1) is 18.1 Å². The summed E-state index contributed by atoms with van der Waals surface area (Å²) in [5.41, 5.74) is -2.12. The van der Waals surface area contributed by atoms with Crippen molar-refractivity contribution >= 4 is 28.7 Å². The maximum atomic E-state index is 14.7. The number of non-ortho nitro benzene ring substituents is 1. The summed E-state index contributed by atoms with van der Waals surface area (Å²) in [5, 5.41) is 21.1. The fourth-order valence-corrected chi connectivity index (χ4v) is 4.82. The molecule has 2 aliphatic rings. The normalized spacial score (nSPS) is 24.9. The summed E-state index contributed by atoms with van der Waals surface area (Å²) in [5.74, 6) is -0.358. The number of aliphatic imine (C=N–C) groups is 1. The Morgan fingerprint density at radius 2 is 2.22 bits per heavy atom. The number of fused-ring (bicyclic) bond motifs is 1. The standard InChI is InChI=1S/C17H20FN3O5S/c1-16(2,3)20(15(22)23)14-19-17(9-26-7-10(17)8-27-14)12-6-11(21(24)25)4-5-13(12)18/h4-6,10H,7-9H2,1-3H3,(H,22,23)/t10-,17+/m0/s1. The summed E-state index contributed by atoms with van der Waals surface area (Å²) in [6.45, 7) is 5.58. The van der Waals surface area contributed by atoms with Crippen molar-refractivity contribution in [3.05, 3.63) is 39.7 Å². The number of thioether (sulfide) groups is 1. The molecule has 1 aromatic rings. The number of ether oxygens (including phenoxy) is 1. The highest BCUT2D eigenvalue weighted by atomic mass is 32.2. The fraction of sp³-hybridized carbons (Fsp3) is 0.529. The molecule has 1 N–H and O–H groups in total. The fourth-order valence-electron chi connectivity index (χ4n) is 3.39. The van der Waals surface area contributed by atoms with Crippen molar-refractivity contribution in [2.75, 3.05) is 19.0 Å². The van der Waals surface area contributed by atoms with Crippen LogP contribution in [0, 0.1) is 21.8 Å². The molecule has 146 valence electrons. The molecule has 1 fully saturated rings. The third-order valence-corrected chi connectivity index (χ3v) is 5.81. The molecule has 3 rings (SSSR count). The lowest BCUT2D eigenvalue weighted by molar-refractivity contribution is -0.385. The van der Waals surface area contributed by atoms with E-state index in [1.165, 1.54) is 17.8 Å². The van der Waals surface area contributed by atoms with Crippen LogP contribution in [0.4, 0.5) is 14.9 Å². The van der Waals surface area contributed by atoms with Crippen LogP contribution in [-0.2, 0) is 10.3 Å². The lowest BCUT2D eigenvalue weighted by Gasteiger charge is -2.40. The summed E-state index contributed by atoms with van der Waals surface area (Å²) in [4.78, 5) is 28.2. The Morgan fingerprint density at radius 1 is 1.52 bits per heavy atom. The number of nitro benzene ring substituents is 1. The molecule has 0 saturated carbocycles. The molecular formula is C17H20FN3O5S. The van der Waals surface area contributed by atoms with Gasteiger partial charge in [-0.1, -0.05) is 11.8 Å². The van der Waals surface area contributed by atoms with Gasteiger partial charge in [-0.05, 0) is 26.8 Å². The highest BCUT2D eigenvalue weighted by Crippen LogP contribution is 2.47. The van der Waals surface area contributed by atoms with Gasteiger partial charge in [-0.2, -0.15) is 0 Å². The van der Waals surface area contributed by atoms with Gasteiger partial charge in [0, 0.05) is 34.9 Å². The molecule has 1 aromatic carbocycles. The molecule has 0 aromatic heterocycles. The monoisotopic (exact) mass is 397 g/mol. The molecule has 27 heavy (non-hydrogen) atoms. The molecular weight excluding hydrogens is 377 g/mol. The molecule has 0 aliphatic carbocycles.